The molecule has 3 nitrogen and oxygen atoms in total. The fourth-order valence-electron chi connectivity index (χ4n) is 4.03. The Labute approximate surface area is 177 Å². The van der Waals surface area contributed by atoms with Crippen molar-refractivity contribution in [3.63, 3.8) is 0 Å². The van der Waals surface area contributed by atoms with Gasteiger partial charge in [0.15, 0.2) is 0 Å². The number of nitrogens with zero attached hydrogens (tertiary/aromatic N) is 2. The first-order valence-electron chi connectivity index (χ1n) is 9.21. The lowest BCUT2D eigenvalue weighted by atomic mass is 9.92. The van der Waals surface area contributed by atoms with Crippen molar-refractivity contribution in [1.29, 1.82) is 0 Å². The van der Waals surface area contributed by atoms with E-state index in [-0.39, 0.29) is 6.04 Å². The maximum Gasteiger partial charge on any atom is 0.221 e. The number of ether oxygens (including phenoxy) is 1. The lowest BCUT2D eigenvalue weighted by Crippen LogP contribution is -2.48. The maximum absolute atomic E-state index is 6.54. The van der Waals surface area contributed by atoms with E-state index in [2.05, 4.69) is 52.1 Å². The summed E-state index contributed by atoms with van der Waals surface area (Å²) in [7, 11) is 0. The Morgan fingerprint density at radius 1 is 1.07 bits per heavy atom. The lowest BCUT2D eigenvalue weighted by molar-refractivity contribution is -0.112. The summed E-state index contributed by atoms with van der Waals surface area (Å²) in [5, 5.41) is 7.84. The summed E-state index contributed by atoms with van der Waals surface area (Å²) in [4.78, 5) is 0. The number of hydrogen-bond donors (Lipinski definition) is 0. The molecule has 2 aliphatic rings. The van der Waals surface area contributed by atoms with Gasteiger partial charge in [-0.05, 0) is 35.9 Å². The van der Waals surface area contributed by atoms with Crippen LogP contribution in [-0.2, 0) is 5.72 Å². The normalized spacial score (nSPS) is 22.9. The first-order chi connectivity index (χ1) is 13.5. The molecule has 0 fully saturated rings. The van der Waals surface area contributed by atoms with E-state index in [0.717, 1.165) is 39.0 Å². The predicted molar refractivity (Wildman–Crippen MR) is 116 cm³/mol. The van der Waals surface area contributed by atoms with Gasteiger partial charge in [0.25, 0.3) is 0 Å². The van der Waals surface area contributed by atoms with Gasteiger partial charge in [-0.1, -0.05) is 70.0 Å². The summed E-state index contributed by atoms with van der Waals surface area (Å²) in [5.41, 5.74) is 3.63. The zero-order valence-electron chi connectivity index (χ0n) is 15.3. The average molecular weight is 454 g/mol. The average Bonchev–Trinajstić information content (AvgIpc) is 3.17. The van der Waals surface area contributed by atoms with E-state index in [0.29, 0.717) is 5.02 Å². The van der Waals surface area contributed by atoms with Gasteiger partial charge in [-0.3, -0.25) is 0 Å². The van der Waals surface area contributed by atoms with Crippen LogP contribution >= 0.6 is 27.5 Å². The second-order valence-corrected chi connectivity index (χ2v) is 8.60. The van der Waals surface area contributed by atoms with Gasteiger partial charge < -0.3 is 4.74 Å². The van der Waals surface area contributed by atoms with Crippen molar-refractivity contribution >= 4 is 33.2 Å². The molecule has 28 heavy (non-hydrogen) atoms. The SMILES string of the molecule is C[C@@]1(c2ccc(Br)cc2)Oc2ccc(Cl)cc2[C@H]2CC(c3ccccc3)=NN21. The zero-order chi connectivity index (χ0) is 19.3. The van der Waals surface area contributed by atoms with Gasteiger partial charge in [-0.2, -0.15) is 5.10 Å². The molecule has 5 heteroatoms. The Hall–Kier alpha value is -2.30. The van der Waals surface area contributed by atoms with Crippen molar-refractivity contribution < 1.29 is 4.74 Å². The number of benzene rings is 3. The Morgan fingerprint density at radius 2 is 1.82 bits per heavy atom. The van der Waals surface area contributed by atoms with Crippen LogP contribution in [0, 0.1) is 0 Å². The van der Waals surface area contributed by atoms with Crippen LogP contribution in [0.2, 0.25) is 5.02 Å². The number of halogens is 2. The van der Waals surface area contributed by atoms with Crippen LogP contribution in [0.15, 0.2) is 82.4 Å². The Bertz CT molecular complexity index is 1070. The molecule has 140 valence electrons. The molecule has 3 aromatic carbocycles. The summed E-state index contributed by atoms with van der Waals surface area (Å²) in [6.45, 7) is 2.08. The van der Waals surface area contributed by atoms with Crippen LogP contribution < -0.4 is 4.74 Å². The molecule has 0 amide bonds. The molecule has 2 aliphatic heterocycles. The molecule has 2 heterocycles. The Kier molecular flexibility index (Phi) is 4.22. The monoisotopic (exact) mass is 452 g/mol. The summed E-state index contributed by atoms with van der Waals surface area (Å²) in [5.74, 6) is 0.862. The molecule has 0 N–H and O–H groups in total. The van der Waals surface area contributed by atoms with Crippen molar-refractivity contribution in [3.05, 3.63) is 99.0 Å². The lowest BCUT2D eigenvalue weighted by Gasteiger charge is -2.46. The van der Waals surface area contributed by atoms with E-state index < -0.39 is 5.72 Å². The van der Waals surface area contributed by atoms with Crippen LogP contribution in [0.5, 0.6) is 5.75 Å². The molecular formula is C23H18BrClN2O. The van der Waals surface area contributed by atoms with Crippen LogP contribution in [0.1, 0.15) is 36.1 Å². The fourth-order valence-corrected chi connectivity index (χ4v) is 4.48. The summed E-state index contributed by atoms with van der Waals surface area (Å²) in [6.07, 6.45) is 0.812. The highest BCUT2D eigenvalue weighted by atomic mass is 79.9. The third kappa shape index (κ3) is 2.83. The molecule has 3 aromatic rings. The molecule has 5 rings (SSSR count). The summed E-state index contributed by atoms with van der Waals surface area (Å²) < 4.78 is 7.58. The molecule has 0 radical (unpaired) electrons. The quantitative estimate of drug-likeness (QED) is 0.441. The van der Waals surface area contributed by atoms with Crippen molar-refractivity contribution in [2.45, 2.75) is 25.1 Å². The topological polar surface area (TPSA) is 24.8 Å². The van der Waals surface area contributed by atoms with Crippen LogP contribution in [0.25, 0.3) is 0 Å². The van der Waals surface area contributed by atoms with Gasteiger partial charge in [0.1, 0.15) is 5.75 Å². The standard InChI is InChI=1S/C23H18BrClN2O/c1-23(16-7-9-17(24)10-8-16)27-21(19-13-18(25)11-12-22(19)28-23)14-20(26-27)15-5-3-2-4-6-15/h2-13,21H,14H2,1H3/t21-,23+/m1/s1. The largest absolute Gasteiger partial charge is 0.462 e. The fraction of sp³-hybridized carbons (Fsp3) is 0.174. The van der Waals surface area contributed by atoms with Crippen LogP contribution in [-0.4, -0.2) is 10.7 Å². The number of hydrogen-bond acceptors (Lipinski definition) is 3. The molecule has 0 aromatic heterocycles. The predicted octanol–water partition coefficient (Wildman–Crippen LogP) is 6.52. The molecule has 0 saturated carbocycles. The van der Waals surface area contributed by atoms with Gasteiger partial charge in [0.05, 0.1) is 11.8 Å². The summed E-state index contributed by atoms with van der Waals surface area (Å²) in [6, 6.07) is 24.5. The van der Waals surface area contributed by atoms with Crippen molar-refractivity contribution in [3.8, 4) is 5.75 Å². The second kappa shape index (κ2) is 6.64. The van der Waals surface area contributed by atoms with Crippen molar-refractivity contribution in [2.24, 2.45) is 5.10 Å². The molecule has 0 saturated heterocycles. The Balaban J connectivity index is 1.66. The number of hydrazone groups is 1. The van der Waals surface area contributed by atoms with Crippen molar-refractivity contribution in [1.82, 2.24) is 5.01 Å². The van der Waals surface area contributed by atoms with Crippen molar-refractivity contribution in [2.75, 3.05) is 0 Å². The molecule has 0 bridgehead atoms. The zero-order valence-corrected chi connectivity index (χ0v) is 17.6. The van der Waals surface area contributed by atoms with E-state index in [1.54, 1.807) is 0 Å². The van der Waals surface area contributed by atoms with E-state index in [4.69, 9.17) is 21.4 Å². The highest BCUT2D eigenvalue weighted by Gasteiger charge is 2.48. The minimum atomic E-state index is -0.706. The molecule has 0 spiro atoms. The second-order valence-electron chi connectivity index (χ2n) is 7.25. The maximum atomic E-state index is 6.54. The van der Waals surface area contributed by atoms with E-state index in [1.165, 1.54) is 0 Å². The minimum absolute atomic E-state index is 0.0753. The number of fused-ring (bicyclic) bond motifs is 3. The van der Waals surface area contributed by atoms with E-state index in [1.807, 2.05) is 48.5 Å². The molecular weight excluding hydrogens is 436 g/mol. The molecule has 0 aliphatic carbocycles. The van der Waals surface area contributed by atoms with Crippen LogP contribution in [0.4, 0.5) is 0 Å². The van der Waals surface area contributed by atoms with Gasteiger partial charge in [-0.15, -0.1) is 0 Å². The van der Waals surface area contributed by atoms with Gasteiger partial charge in [-0.25, -0.2) is 5.01 Å². The minimum Gasteiger partial charge on any atom is -0.462 e. The summed E-state index contributed by atoms with van der Waals surface area (Å²) >= 11 is 9.83. The van der Waals surface area contributed by atoms with Gasteiger partial charge >= 0.3 is 0 Å². The molecule has 0 unspecified atom stereocenters. The highest BCUT2D eigenvalue weighted by Crippen LogP contribution is 2.50. The number of rotatable bonds is 2. The smallest absolute Gasteiger partial charge is 0.221 e. The van der Waals surface area contributed by atoms with E-state index in [9.17, 15) is 0 Å². The van der Waals surface area contributed by atoms with Gasteiger partial charge in [0.2, 0.25) is 5.72 Å². The molecule has 2 atom stereocenters. The Morgan fingerprint density at radius 3 is 2.57 bits per heavy atom. The van der Waals surface area contributed by atoms with E-state index >= 15 is 0 Å². The van der Waals surface area contributed by atoms with Crippen LogP contribution in [0.3, 0.4) is 0 Å². The van der Waals surface area contributed by atoms with Gasteiger partial charge in [0, 0.05) is 34.0 Å². The third-order valence-corrected chi connectivity index (χ3v) is 6.24. The highest BCUT2D eigenvalue weighted by molar-refractivity contribution is 9.10. The first-order valence-corrected chi connectivity index (χ1v) is 10.4. The first kappa shape index (κ1) is 17.8. The third-order valence-electron chi connectivity index (χ3n) is 5.47.